The number of ether oxygens (including phenoxy) is 2. The maximum atomic E-state index is 12.9. The molecule has 10 heteroatoms. The standard InChI is InChI=1S/C24H21Cl2FIN3O3/c1-2-33-22-10-15(12-30-31-23(32)13-29-19-7-5-18(27)6-8-19)9-21(28)24(22)34-14-16-3-4-17(25)11-20(16)26/h3-12,29H,2,13-14H2,1H3,(H,31,32)/b30-12-. The Morgan fingerprint density at radius 3 is 2.59 bits per heavy atom. The van der Waals surface area contributed by atoms with Crippen LogP contribution < -0.4 is 20.2 Å². The van der Waals surface area contributed by atoms with Crippen LogP contribution in [0.2, 0.25) is 10.0 Å². The van der Waals surface area contributed by atoms with E-state index in [9.17, 15) is 9.18 Å². The summed E-state index contributed by atoms with van der Waals surface area (Å²) >= 11 is 14.3. The number of nitrogens with one attached hydrogen (secondary N) is 2. The van der Waals surface area contributed by atoms with Gasteiger partial charge < -0.3 is 14.8 Å². The van der Waals surface area contributed by atoms with Crippen LogP contribution in [0, 0.1) is 9.39 Å². The summed E-state index contributed by atoms with van der Waals surface area (Å²) in [5, 5.41) is 7.97. The first-order valence-electron chi connectivity index (χ1n) is 10.2. The molecule has 2 N–H and O–H groups in total. The lowest BCUT2D eigenvalue weighted by Crippen LogP contribution is -2.25. The van der Waals surface area contributed by atoms with Crippen LogP contribution in [0.3, 0.4) is 0 Å². The van der Waals surface area contributed by atoms with Crippen LogP contribution in [0.4, 0.5) is 10.1 Å². The molecule has 0 unspecified atom stereocenters. The predicted octanol–water partition coefficient (Wildman–Crippen LogP) is 6.28. The SMILES string of the molecule is CCOc1cc(/C=N\NC(=O)CNc2ccc(F)cc2)cc(I)c1OCc1ccc(Cl)cc1Cl. The lowest BCUT2D eigenvalue weighted by Gasteiger charge is -2.15. The van der Waals surface area contributed by atoms with Gasteiger partial charge in [0.15, 0.2) is 11.5 Å². The molecule has 0 aliphatic rings. The summed E-state index contributed by atoms with van der Waals surface area (Å²) in [7, 11) is 0. The third kappa shape index (κ3) is 7.75. The van der Waals surface area contributed by atoms with E-state index in [2.05, 4.69) is 38.4 Å². The summed E-state index contributed by atoms with van der Waals surface area (Å²) in [4.78, 5) is 12.0. The molecule has 0 spiro atoms. The maximum Gasteiger partial charge on any atom is 0.259 e. The number of carbonyl (C=O) groups excluding carboxylic acids is 1. The lowest BCUT2D eigenvalue weighted by atomic mass is 10.2. The van der Waals surface area contributed by atoms with Crippen molar-refractivity contribution in [1.82, 2.24) is 5.43 Å². The molecule has 0 aliphatic heterocycles. The Labute approximate surface area is 220 Å². The van der Waals surface area contributed by atoms with E-state index in [4.69, 9.17) is 32.7 Å². The Bertz CT molecular complexity index is 1180. The first-order chi connectivity index (χ1) is 16.4. The summed E-state index contributed by atoms with van der Waals surface area (Å²) < 4.78 is 25.5. The van der Waals surface area contributed by atoms with Crippen LogP contribution in [0.5, 0.6) is 11.5 Å². The molecule has 0 saturated heterocycles. The van der Waals surface area contributed by atoms with Crippen LogP contribution in [0.15, 0.2) is 59.7 Å². The second-order valence-corrected chi connectivity index (χ2v) is 8.95. The van der Waals surface area contributed by atoms with E-state index in [1.807, 2.05) is 19.1 Å². The zero-order valence-corrected chi connectivity index (χ0v) is 21.7. The monoisotopic (exact) mass is 615 g/mol. The van der Waals surface area contributed by atoms with E-state index in [0.717, 1.165) is 14.7 Å². The molecular weight excluding hydrogens is 595 g/mol. The van der Waals surface area contributed by atoms with E-state index in [1.165, 1.54) is 18.3 Å². The van der Waals surface area contributed by atoms with Gasteiger partial charge in [0, 0.05) is 21.3 Å². The van der Waals surface area contributed by atoms with Gasteiger partial charge in [-0.25, -0.2) is 9.82 Å². The van der Waals surface area contributed by atoms with E-state index in [0.29, 0.717) is 33.8 Å². The highest BCUT2D eigenvalue weighted by molar-refractivity contribution is 14.1. The minimum Gasteiger partial charge on any atom is -0.490 e. The van der Waals surface area contributed by atoms with Gasteiger partial charge in [-0.2, -0.15) is 5.10 Å². The summed E-state index contributed by atoms with van der Waals surface area (Å²) in [5.74, 6) is 0.439. The number of benzene rings is 3. The zero-order chi connectivity index (χ0) is 24.5. The molecule has 3 aromatic carbocycles. The fraction of sp³-hybridized carbons (Fsp3) is 0.167. The summed E-state index contributed by atoms with van der Waals surface area (Å²) in [5.41, 5.74) is 4.60. The van der Waals surface area contributed by atoms with E-state index in [1.54, 1.807) is 30.3 Å². The zero-order valence-electron chi connectivity index (χ0n) is 18.1. The Hall–Kier alpha value is -2.56. The number of amides is 1. The highest BCUT2D eigenvalue weighted by atomic mass is 127. The number of carbonyl (C=O) groups is 1. The van der Waals surface area contributed by atoms with Crippen LogP contribution in [0.1, 0.15) is 18.1 Å². The number of rotatable bonds is 10. The van der Waals surface area contributed by atoms with Gasteiger partial charge >= 0.3 is 0 Å². The van der Waals surface area contributed by atoms with Crippen molar-refractivity contribution >= 4 is 63.6 Å². The van der Waals surface area contributed by atoms with Gasteiger partial charge in [-0.15, -0.1) is 0 Å². The molecule has 0 fully saturated rings. The summed E-state index contributed by atoms with van der Waals surface area (Å²) in [6.07, 6.45) is 1.51. The Kier molecular flexibility index (Phi) is 9.79. The first-order valence-corrected chi connectivity index (χ1v) is 12.0. The fourth-order valence-corrected chi connectivity index (χ4v) is 4.07. The molecule has 0 atom stereocenters. The van der Waals surface area contributed by atoms with Crippen LogP contribution in [-0.2, 0) is 11.4 Å². The largest absolute Gasteiger partial charge is 0.490 e. The Morgan fingerprint density at radius 1 is 1.12 bits per heavy atom. The minimum atomic E-state index is -0.347. The van der Waals surface area contributed by atoms with Gasteiger partial charge in [0.05, 0.1) is 22.9 Å². The lowest BCUT2D eigenvalue weighted by molar-refractivity contribution is -0.119. The van der Waals surface area contributed by atoms with Gasteiger partial charge in [-0.1, -0.05) is 29.3 Å². The number of anilines is 1. The molecule has 178 valence electrons. The van der Waals surface area contributed by atoms with Gasteiger partial charge in [-0.3, -0.25) is 4.79 Å². The van der Waals surface area contributed by atoms with E-state index >= 15 is 0 Å². The first kappa shape index (κ1) is 26.1. The molecule has 0 bridgehead atoms. The third-order valence-corrected chi connectivity index (χ3v) is 5.81. The van der Waals surface area contributed by atoms with E-state index < -0.39 is 0 Å². The van der Waals surface area contributed by atoms with Gasteiger partial charge in [0.2, 0.25) is 0 Å². The second-order valence-electron chi connectivity index (χ2n) is 6.94. The minimum absolute atomic E-state index is 0.00919. The van der Waals surface area contributed by atoms with Crippen molar-refractivity contribution in [3.63, 3.8) is 0 Å². The van der Waals surface area contributed by atoms with Crippen molar-refractivity contribution in [1.29, 1.82) is 0 Å². The maximum absolute atomic E-state index is 12.9. The molecule has 3 aromatic rings. The van der Waals surface area contributed by atoms with Crippen molar-refractivity contribution in [2.24, 2.45) is 5.10 Å². The third-order valence-electron chi connectivity index (χ3n) is 4.42. The van der Waals surface area contributed by atoms with Crippen LogP contribution in [-0.4, -0.2) is 25.3 Å². The molecule has 0 heterocycles. The predicted molar refractivity (Wildman–Crippen MR) is 142 cm³/mol. The topological polar surface area (TPSA) is 72.0 Å². The molecule has 0 saturated carbocycles. The molecule has 1 amide bonds. The normalized spacial score (nSPS) is 10.9. The van der Waals surface area contributed by atoms with Crippen molar-refractivity contribution < 1.29 is 18.7 Å². The van der Waals surface area contributed by atoms with Crippen molar-refractivity contribution in [2.45, 2.75) is 13.5 Å². The molecule has 0 radical (unpaired) electrons. The van der Waals surface area contributed by atoms with Crippen molar-refractivity contribution in [2.75, 3.05) is 18.5 Å². The summed E-state index contributed by atoms with van der Waals surface area (Å²) in [6, 6.07) is 14.6. The highest BCUT2D eigenvalue weighted by Crippen LogP contribution is 2.35. The highest BCUT2D eigenvalue weighted by Gasteiger charge is 2.13. The van der Waals surface area contributed by atoms with Gasteiger partial charge in [0.1, 0.15) is 12.4 Å². The fourth-order valence-electron chi connectivity index (χ4n) is 2.82. The number of hydrazone groups is 1. The van der Waals surface area contributed by atoms with Crippen molar-refractivity contribution in [3.05, 3.63) is 85.2 Å². The summed E-state index contributed by atoms with van der Waals surface area (Å²) in [6.45, 7) is 2.56. The van der Waals surface area contributed by atoms with Crippen LogP contribution in [0.25, 0.3) is 0 Å². The van der Waals surface area contributed by atoms with Crippen LogP contribution >= 0.6 is 45.8 Å². The molecule has 34 heavy (non-hydrogen) atoms. The van der Waals surface area contributed by atoms with Gasteiger partial charge in [0.25, 0.3) is 5.91 Å². The number of halogens is 4. The molecule has 3 rings (SSSR count). The molecular formula is C24H21Cl2FIN3O3. The van der Waals surface area contributed by atoms with Gasteiger partial charge in [-0.05, 0) is 83.6 Å². The smallest absolute Gasteiger partial charge is 0.259 e. The Balaban J connectivity index is 1.62. The average molecular weight is 616 g/mol. The average Bonchev–Trinajstić information content (AvgIpc) is 2.79. The molecule has 0 aliphatic carbocycles. The van der Waals surface area contributed by atoms with E-state index in [-0.39, 0.29) is 24.9 Å². The molecule has 0 aromatic heterocycles. The van der Waals surface area contributed by atoms with Crippen molar-refractivity contribution in [3.8, 4) is 11.5 Å². The Morgan fingerprint density at radius 2 is 1.88 bits per heavy atom. The number of hydrogen-bond donors (Lipinski definition) is 2. The number of hydrogen-bond acceptors (Lipinski definition) is 5. The molecule has 6 nitrogen and oxygen atoms in total. The quantitative estimate of drug-likeness (QED) is 0.160. The number of nitrogens with zero attached hydrogens (tertiary/aromatic N) is 1. The second kappa shape index (κ2) is 12.8.